The number of piperidine rings is 1. The van der Waals surface area contributed by atoms with E-state index in [-0.39, 0.29) is 6.61 Å². The number of rotatable bonds is 7. The van der Waals surface area contributed by atoms with Crippen LogP contribution in [-0.4, -0.2) is 51.2 Å². The second-order valence-corrected chi connectivity index (χ2v) is 8.59. The van der Waals surface area contributed by atoms with Crippen molar-refractivity contribution >= 4 is 21.4 Å². The fourth-order valence-electron chi connectivity index (χ4n) is 2.63. The molecule has 7 heteroatoms. The Morgan fingerprint density at radius 3 is 3.00 bits per heavy atom. The van der Waals surface area contributed by atoms with Crippen LogP contribution in [0, 0.1) is 12.8 Å². The molecular formula is C14H24N2O3S2. The molecule has 2 N–H and O–H groups in total. The van der Waals surface area contributed by atoms with Crippen molar-refractivity contribution in [2.75, 3.05) is 32.8 Å². The molecule has 1 saturated heterocycles. The Balaban J connectivity index is 1.72. The van der Waals surface area contributed by atoms with Gasteiger partial charge in [-0.1, -0.05) is 0 Å². The number of aliphatic hydroxyl groups is 1. The van der Waals surface area contributed by atoms with Crippen LogP contribution in [0.25, 0.3) is 0 Å². The average molecular weight is 332 g/mol. The predicted octanol–water partition coefficient (Wildman–Crippen LogP) is 1.43. The van der Waals surface area contributed by atoms with Gasteiger partial charge in [0.25, 0.3) is 0 Å². The van der Waals surface area contributed by atoms with Gasteiger partial charge in [0.1, 0.15) is 4.21 Å². The Kier molecular flexibility index (Phi) is 6.19. The lowest BCUT2D eigenvalue weighted by atomic mass is 9.99. The highest BCUT2D eigenvalue weighted by atomic mass is 32.2. The van der Waals surface area contributed by atoms with Gasteiger partial charge in [0.2, 0.25) is 10.0 Å². The van der Waals surface area contributed by atoms with Gasteiger partial charge in [-0.15, -0.1) is 11.3 Å². The number of aliphatic hydroxyl groups excluding tert-OH is 1. The van der Waals surface area contributed by atoms with E-state index in [0.29, 0.717) is 16.7 Å². The molecule has 2 rings (SSSR count). The summed E-state index contributed by atoms with van der Waals surface area (Å²) in [5.74, 6) is 0.379. The SMILES string of the molecule is Cc1csc(S(=O)(=O)NCCCN2CCC[C@@H](CO)C2)c1. The molecule has 0 radical (unpaired) electrons. The third kappa shape index (κ3) is 5.03. The summed E-state index contributed by atoms with van der Waals surface area (Å²) in [6.07, 6.45) is 3.00. The smallest absolute Gasteiger partial charge is 0.250 e. The maximum absolute atomic E-state index is 12.0. The van der Waals surface area contributed by atoms with Crippen LogP contribution < -0.4 is 4.72 Å². The van der Waals surface area contributed by atoms with E-state index in [9.17, 15) is 13.5 Å². The van der Waals surface area contributed by atoms with Gasteiger partial charge < -0.3 is 10.0 Å². The minimum Gasteiger partial charge on any atom is -0.396 e. The summed E-state index contributed by atoms with van der Waals surface area (Å²) in [5, 5.41) is 11.0. The van der Waals surface area contributed by atoms with Crippen molar-refractivity contribution in [3.05, 3.63) is 17.0 Å². The molecule has 0 aliphatic carbocycles. The summed E-state index contributed by atoms with van der Waals surface area (Å²) in [4.78, 5) is 2.31. The Morgan fingerprint density at radius 2 is 2.33 bits per heavy atom. The van der Waals surface area contributed by atoms with E-state index in [1.165, 1.54) is 11.3 Å². The third-order valence-electron chi connectivity index (χ3n) is 3.78. The van der Waals surface area contributed by atoms with Gasteiger partial charge in [-0.25, -0.2) is 13.1 Å². The highest BCUT2D eigenvalue weighted by Gasteiger charge is 2.19. The van der Waals surface area contributed by atoms with Gasteiger partial charge in [-0.2, -0.15) is 0 Å². The molecule has 0 aromatic carbocycles. The third-order valence-corrected chi connectivity index (χ3v) is 6.79. The zero-order valence-electron chi connectivity index (χ0n) is 12.4. The van der Waals surface area contributed by atoms with Gasteiger partial charge in [-0.05, 0) is 62.2 Å². The number of likely N-dealkylation sites (tertiary alicyclic amines) is 1. The van der Waals surface area contributed by atoms with Crippen LogP contribution in [0.4, 0.5) is 0 Å². The molecule has 0 saturated carbocycles. The zero-order valence-corrected chi connectivity index (χ0v) is 14.0. The molecule has 5 nitrogen and oxygen atoms in total. The maximum atomic E-state index is 12.0. The molecule has 1 fully saturated rings. The van der Waals surface area contributed by atoms with Crippen LogP contribution >= 0.6 is 11.3 Å². The Labute approximate surface area is 131 Å². The number of aryl methyl sites for hydroxylation is 1. The first-order valence-corrected chi connectivity index (χ1v) is 9.75. The lowest BCUT2D eigenvalue weighted by Gasteiger charge is -2.31. The molecule has 0 spiro atoms. The van der Waals surface area contributed by atoms with Crippen LogP contribution in [0.2, 0.25) is 0 Å². The van der Waals surface area contributed by atoms with Crippen molar-refractivity contribution < 1.29 is 13.5 Å². The molecule has 1 aromatic heterocycles. The zero-order chi connectivity index (χ0) is 15.3. The van der Waals surface area contributed by atoms with Crippen LogP contribution in [0.3, 0.4) is 0 Å². The average Bonchev–Trinajstić information content (AvgIpc) is 2.91. The Morgan fingerprint density at radius 1 is 1.52 bits per heavy atom. The van der Waals surface area contributed by atoms with E-state index in [0.717, 1.165) is 44.5 Å². The van der Waals surface area contributed by atoms with Gasteiger partial charge in [0.15, 0.2) is 0 Å². The molecule has 1 aliphatic heterocycles. The molecule has 1 aromatic rings. The molecule has 0 amide bonds. The fourth-order valence-corrected chi connectivity index (χ4v) is 4.98. The van der Waals surface area contributed by atoms with Crippen LogP contribution in [-0.2, 0) is 10.0 Å². The number of nitrogens with one attached hydrogen (secondary N) is 1. The van der Waals surface area contributed by atoms with Crippen molar-refractivity contribution in [1.29, 1.82) is 0 Å². The number of thiophene rings is 1. The van der Waals surface area contributed by atoms with Crippen molar-refractivity contribution in [3.8, 4) is 0 Å². The van der Waals surface area contributed by atoms with E-state index in [1.807, 2.05) is 12.3 Å². The molecule has 0 unspecified atom stereocenters. The molecule has 1 aliphatic rings. The first-order chi connectivity index (χ1) is 10.0. The number of hydrogen-bond acceptors (Lipinski definition) is 5. The largest absolute Gasteiger partial charge is 0.396 e. The molecule has 2 heterocycles. The van der Waals surface area contributed by atoms with Crippen molar-refractivity contribution in [3.63, 3.8) is 0 Å². The van der Waals surface area contributed by atoms with E-state index in [1.54, 1.807) is 6.07 Å². The highest BCUT2D eigenvalue weighted by Crippen LogP contribution is 2.19. The van der Waals surface area contributed by atoms with Gasteiger partial charge in [-0.3, -0.25) is 0 Å². The van der Waals surface area contributed by atoms with Gasteiger partial charge >= 0.3 is 0 Å². The highest BCUT2D eigenvalue weighted by molar-refractivity contribution is 7.91. The summed E-state index contributed by atoms with van der Waals surface area (Å²) in [6.45, 7) is 5.45. The molecule has 0 bridgehead atoms. The molecule has 21 heavy (non-hydrogen) atoms. The molecule has 120 valence electrons. The van der Waals surface area contributed by atoms with Crippen LogP contribution in [0.1, 0.15) is 24.8 Å². The van der Waals surface area contributed by atoms with E-state index < -0.39 is 10.0 Å². The quantitative estimate of drug-likeness (QED) is 0.741. The Hall–Kier alpha value is -0.470. The molecular weight excluding hydrogens is 308 g/mol. The van der Waals surface area contributed by atoms with Crippen molar-refractivity contribution in [1.82, 2.24) is 9.62 Å². The lowest BCUT2D eigenvalue weighted by Crippen LogP contribution is -2.38. The summed E-state index contributed by atoms with van der Waals surface area (Å²) in [6, 6.07) is 1.70. The van der Waals surface area contributed by atoms with Crippen molar-refractivity contribution in [2.45, 2.75) is 30.4 Å². The Bertz CT molecular complexity index is 542. The first kappa shape index (κ1) is 16.9. The van der Waals surface area contributed by atoms with E-state index >= 15 is 0 Å². The van der Waals surface area contributed by atoms with Gasteiger partial charge in [0, 0.05) is 19.7 Å². The van der Waals surface area contributed by atoms with E-state index in [4.69, 9.17) is 0 Å². The monoisotopic (exact) mass is 332 g/mol. The minimum absolute atomic E-state index is 0.251. The van der Waals surface area contributed by atoms with Crippen LogP contribution in [0.15, 0.2) is 15.7 Å². The molecule has 1 atom stereocenters. The first-order valence-electron chi connectivity index (χ1n) is 7.39. The topological polar surface area (TPSA) is 69.6 Å². The second kappa shape index (κ2) is 7.69. The summed E-state index contributed by atoms with van der Waals surface area (Å²) in [7, 11) is -3.35. The minimum atomic E-state index is -3.35. The summed E-state index contributed by atoms with van der Waals surface area (Å²) >= 11 is 1.26. The normalized spacial score (nSPS) is 20.8. The van der Waals surface area contributed by atoms with Crippen molar-refractivity contribution in [2.24, 2.45) is 5.92 Å². The summed E-state index contributed by atoms with van der Waals surface area (Å²) < 4.78 is 27.1. The number of sulfonamides is 1. The predicted molar refractivity (Wildman–Crippen MR) is 85.1 cm³/mol. The summed E-state index contributed by atoms with van der Waals surface area (Å²) in [5.41, 5.74) is 0.976. The van der Waals surface area contributed by atoms with Crippen LogP contribution in [0.5, 0.6) is 0 Å². The lowest BCUT2D eigenvalue weighted by molar-refractivity contribution is 0.120. The standard InChI is InChI=1S/C14H24N2O3S2/c1-12-8-14(20-11-12)21(18,19)15-5-3-7-16-6-2-4-13(9-16)10-17/h8,11,13,15,17H,2-7,9-10H2,1H3/t13-/m1/s1. The fraction of sp³-hybridized carbons (Fsp3) is 0.714. The number of hydrogen-bond donors (Lipinski definition) is 2. The maximum Gasteiger partial charge on any atom is 0.250 e. The van der Waals surface area contributed by atoms with E-state index in [2.05, 4.69) is 9.62 Å². The second-order valence-electron chi connectivity index (χ2n) is 5.69. The van der Waals surface area contributed by atoms with Gasteiger partial charge in [0.05, 0.1) is 0 Å². The number of nitrogens with zero attached hydrogens (tertiary/aromatic N) is 1.